The molecule has 1 nitrogen and oxygen atoms in total. The highest BCUT2D eigenvalue weighted by Gasteiger charge is 2.72. The van der Waals surface area contributed by atoms with Crippen molar-refractivity contribution < 1.29 is 5.11 Å². The van der Waals surface area contributed by atoms with Gasteiger partial charge in [-0.05, 0) is 36.5 Å². The van der Waals surface area contributed by atoms with Crippen molar-refractivity contribution in [2.75, 3.05) is 0 Å². The molecule has 0 amide bonds. The highest BCUT2D eigenvalue weighted by Crippen LogP contribution is 2.76. The number of aliphatic hydroxyl groups excluding tert-OH is 1. The van der Waals surface area contributed by atoms with E-state index in [1.165, 1.54) is 24.8 Å². The fourth-order valence-electron chi connectivity index (χ4n) is 5.52. The fourth-order valence-corrected chi connectivity index (χ4v) is 5.52. The summed E-state index contributed by atoms with van der Waals surface area (Å²) in [4.78, 5) is 0. The minimum atomic E-state index is -0.149. The molecule has 0 heterocycles. The third-order valence-corrected chi connectivity index (χ3v) is 6.95. The molecule has 0 aromatic carbocycles. The highest BCUT2D eigenvalue weighted by molar-refractivity contribution is 5.29. The monoisotopic (exact) mass is 220 g/mol. The van der Waals surface area contributed by atoms with Gasteiger partial charge in [0.05, 0.1) is 6.10 Å². The van der Waals surface area contributed by atoms with Gasteiger partial charge in [-0.3, -0.25) is 0 Å². The summed E-state index contributed by atoms with van der Waals surface area (Å²) in [6.45, 7) is 11.4. The molecule has 3 aliphatic rings. The van der Waals surface area contributed by atoms with E-state index in [0.717, 1.165) is 12.8 Å². The summed E-state index contributed by atoms with van der Waals surface area (Å²) in [5, 5.41) is 10.7. The molecule has 3 fully saturated rings. The van der Waals surface area contributed by atoms with E-state index in [1.807, 2.05) is 0 Å². The fraction of sp³-hybridized carbons (Fsp3) is 0.867. The zero-order valence-electron chi connectivity index (χ0n) is 10.8. The second-order valence-electron chi connectivity index (χ2n) is 7.10. The molecule has 0 unspecified atom stereocenters. The average molecular weight is 220 g/mol. The van der Waals surface area contributed by atoms with Crippen LogP contribution in [0.25, 0.3) is 0 Å². The predicted molar refractivity (Wildman–Crippen MR) is 66.0 cm³/mol. The first-order valence-corrected chi connectivity index (χ1v) is 6.73. The van der Waals surface area contributed by atoms with Crippen LogP contribution in [0.4, 0.5) is 0 Å². The molecule has 1 heteroatoms. The molecule has 0 aliphatic heterocycles. The molecule has 3 rings (SSSR count). The van der Waals surface area contributed by atoms with Crippen molar-refractivity contribution in [3.05, 3.63) is 12.2 Å². The Bertz CT molecular complexity index is 360. The van der Waals surface area contributed by atoms with Crippen molar-refractivity contribution in [1.82, 2.24) is 0 Å². The lowest BCUT2D eigenvalue weighted by molar-refractivity contribution is -0.0347. The Morgan fingerprint density at radius 2 is 1.81 bits per heavy atom. The van der Waals surface area contributed by atoms with Gasteiger partial charge >= 0.3 is 0 Å². The Kier molecular flexibility index (Phi) is 1.86. The molecule has 5 atom stereocenters. The molecule has 0 aromatic heterocycles. The molecule has 1 N–H and O–H groups in total. The first-order valence-electron chi connectivity index (χ1n) is 6.73. The quantitative estimate of drug-likeness (QED) is 0.619. The van der Waals surface area contributed by atoms with E-state index in [-0.39, 0.29) is 11.5 Å². The third kappa shape index (κ3) is 0.827. The largest absolute Gasteiger partial charge is 0.392 e. The Morgan fingerprint density at radius 3 is 2.50 bits per heavy atom. The van der Waals surface area contributed by atoms with Gasteiger partial charge in [0.15, 0.2) is 0 Å². The maximum atomic E-state index is 10.7. The Labute approximate surface area is 98.9 Å². The summed E-state index contributed by atoms with van der Waals surface area (Å²) in [5.74, 6) is 0.360. The molecule has 16 heavy (non-hydrogen) atoms. The van der Waals surface area contributed by atoms with Crippen LogP contribution in [0.15, 0.2) is 12.2 Å². The van der Waals surface area contributed by atoms with Crippen molar-refractivity contribution in [3.63, 3.8) is 0 Å². The van der Waals surface area contributed by atoms with Gasteiger partial charge in [-0.2, -0.15) is 0 Å². The molecule has 3 aliphatic carbocycles. The Balaban J connectivity index is 2.21. The van der Waals surface area contributed by atoms with Crippen LogP contribution in [0.1, 0.15) is 52.9 Å². The summed E-state index contributed by atoms with van der Waals surface area (Å²) in [6, 6.07) is 0. The maximum Gasteiger partial charge on any atom is 0.0669 e. The van der Waals surface area contributed by atoms with Crippen molar-refractivity contribution >= 4 is 0 Å². The van der Waals surface area contributed by atoms with E-state index < -0.39 is 0 Å². The van der Waals surface area contributed by atoms with Gasteiger partial charge in [0.25, 0.3) is 0 Å². The average Bonchev–Trinajstić information content (AvgIpc) is 2.55. The SMILES string of the molecule is C=C1CC[C@]2(C)[C@@H](O)[C@@H]1[C@]1(C)CCC[C@@]12C. The number of rotatable bonds is 0. The molecule has 2 bridgehead atoms. The van der Waals surface area contributed by atoms with Gasteiger partial charge in [0, 0.05) is 11.3 Å². The molecule has 0 aromatic rings. The van der Waals surface area contributed by atoms with Crippen LogP contribution in [0, 0.1) is 22.2 Å². The lowest BCUT2D eigenvalue weighted by Crippen LogP contribution is -2.43. The molecular formula is C15H24O. The topological polar surface area (TPSA) is 20.2 Å². The zero-order chi connectivity index (χ0) is 11.8. The van der Waals surface area contributed by atoms with Crippen LogP contribution in [0.5, 0.6) is 0 Å². The maximum absolute atomic E-state index is 10.7. The molecule has 0 spiro atoms. The van der Waals surface area contributed by atoms with Crippen molar-refractivity contribution in [1.29, 1.82) is 0 Å². The number of aliphatic hydroxyl groups is 1. The molecule has 0 radical (unpaired) electrons. The van der Waals surface area contributed by atoms with Gasteiger partial charge < -0.3 is 5.11 Å². The number of hydrogen-bond donors (Lipinski definition) is 1. The van der Waals surface area contributed by atoms with Gasteiger partial charge in [-0.25, -0.2) is 0 Å². The first kappa shape index (κ1) is 10.8. The zero-order valence-corrected chi connectivity index (χ0v) is 10.8. The minimum Gasteiger partial charge on any atom is -0.392 e. The van der Waals surface area contributed by atoms with Gasteiger partial charge in [-0.15, -0.1) is 0 Å². The Hall–Kier alpha value is -0.300. The lowest BCUT2D eigenvalue weighted by atomic mass is 9.59. The molecule has 0 saturated heterocycles. The van der Waals surface area contributed by atoms with E-state index in [0.29, 0.717) is 16.7 Å². The van der Waals surface area contributed by atoms with E-state index in [1.54, 1.807) is 0 Å². The van der Waals surface area contributed by atoms with Crippen molar-refractivity contribution in [2.45, 2.75) is 59.0 Å². The minimum absolute atomic E-state index is 0.129. The van der Waals surface area contributed by atoms with Gasteiger partial charge in [-0.1, -0.05) is 39.3 Å². The summed E-state index contributed by atoms with van der Waals surface area (Å²) < 4.78 is 0. The smallest absolute Gasteiger partial charge is 0.0669 e. The normalized spacial score (nSPS) is 60.1. The summed E-state index contributed by atoms with van der Waals surface area (Å²) >= 11 is 0. The molecule has 3 saturated carbocycles. The summed E-state index contributed by atoms with van der Waals surface area (Å²) in [7, 11) is 0. The van der Waals surface area contributed by atoms with Crippen LogP contribution in [-0.4, -0.2) is 11.2 Å². The van der Waals surface area contributed by atoms with E-state index in [4.69, 9.17) is 0 Å². The number of fused-ring (bicyclic) bond motifs is 5. The lowest BCUT2D eigenvalue weighted by Gasteiger charge is -2.46. The van der Waals surface area contributed by atoms with Crippen LogP contribution in [-0.2, 0) is 0 Å². The van der Waals surface area contributed by atoms with Gasteiger partial charge in [0.1, 0.15) is 0 Å². The van der Waals surface area contributed by atoms with Crippen molar-refractivity contribution in [3.8, 4) is 0 Å². The van der Waals surface area contributed by atoms with Crippen LogP contribution in [0.3, 0.4) is 0 Å². The summed E-state index contributed by atoms with van der Waals surface area (Å²) in [6.07, 6.45) is 6.02. The molecular weight excluding hydrogens is 196 g/mol. The van der Waals surface area contributed by atoms with E-state index in [9.17, 15) is 5.11 Å². The van der Waals surface area contributed by atoms with Gasteiger partial charge in [0.2, 0.25) is 0 Å². The summed E-state index contributed by atoms with van der Waals surface area (Å²) in [5.41, 5.74) is 2.07. The van der Waals surface area contributed by atoms with Crippen LogP contribution >= 0.6 is 0 Å². The number of hydrogen-bond acceptors (Lipinski definition) is 1. The van der Waals surface area contributed by atoms with E-state index in [2.05, 4.69) is 27.4 Å². The Morgan fingerprint density at radius 1 is 1.12 bits per heavy atom. The predicted octanol–water partition coefficient (Wildman–Crippen LogP) is 3.53. The standard InChI is InChI=1S/C15H24O/c1-10-6-9-14(3)12(16)11(10)13(2)7-5-8-15(13,14)4/h11-12,16H,1,5-9H2,2-4H3/t11-,12+,13+,14-,15+/m1/s1. The third-order valence-electron chi connectivity index (χ3n) is 6.95. The molecule has 90 valence electrons. The van der Waals surface area contributed by atoms with Crippen LogP contribution < -0.4 is 0 Å². The second kappa shape index (κ2) is 2.75. The first-order chi connectivity index (χ1) is 7.37. The van der Waals surface area contributed by atoms with Crippen molar-refractivity contribution in [2.24, 2.45) is 22.2 Å². The highest BCUT2D eigenvalue weighted by atomic mass is 16.3. The van der Waals surface area contributed by atoms with Crippen LogP contribution in [0.2, 0.25) is 0 Å². The second-order valence-corrected chi connectivity index (χ2v) is 7.10. The van der Waals surface area contributed by atoms with E-state index >= 15 is 0 Å².